The van der Waals surface area contributed by atoms with Gasteiger partial charge in [-0.15, -0.1) is 11.3 Å². The monoisotopic (exact) mass is 252 g/mol. The Kier molecular flexibility index (Phi) is 3.86. The molecule has 5 nitrogen and oxygen atoms in total. The van der Waals surface area contributed by atoms with Crippen LogP contribution in [0.25, 0.3) is 0 Å². The average molecular weight is 252 g/mol. The number of aryl methyl sites for hydroxylation is 2. The van der Waals surface area contributed by atoms with Crippen LogP contribution in [0.1, 0.15) is 42.3 Å². The second-order valence-corrected chi connectivity index (χ2v) is 4.80. The van der Waals surface area contributed by atoms with E-state index in [0.717, 1.165) is 12.1 Å². The van der Waals surface area contributed by atoms with Gasteiger partial charge in [-0.1, -0.05) is 12.1 Å². The van der Waals surface area contributed by atoms with E-state index in [1.807, 2.05) is 6.92 Å². The molecule has 0 spiro atoms. The van der Waals surface area contributed by atoms with Crippen molar-refractivity contribution >= 4 is 11.3 Å². The number of nitrogens with one attached hydrogen (secondary N) is 1. The van der Waals surface area contributed by atoms with Crippen LogP contribution < -0.4 is 5.32 Å². The summed E-state index contributed by atoms with van der Waals surface area (Å²) in [5.41, 5.74) is 1.07. The SMILES string of the molecule is CCc1nc([C@H](C)NCc2nc(C)no2)cs1. The third-order valence-corrected chi connectivity index (χ3v) is 3.46. The van der Waals surface area contributed by atoms with Crippen molar-refractivity contribution in [3.05, 3.63) is 27.8 Å². The van der Waals surface area contributed by atoms with Crippen LogP contribution in [0.4, 0.5) is 0 Å². The molecule has 6 heteroatoms. The molecule has 0 saturated heterocycles. The number of thiazole rings is 1. The van der Waals surface area contributed by atoms with Crippen molar-refractivity contribution in [2.75, 3.05) is 0 Å². The highest BCUT2D eigenvalue weighted by atomic mass is 32.1. The predicted octanol–water partition coefficient (Wildman–Crippen LogP) is 2.25. The Morgan fingerprint density at radius 2 is 2.29 bits per heavy atom. The van der Waals surface area contributed by atoms with Gasteiger partial charge in [-0.3, -0.25) is 0 Å². The van der Waals surface area contributed by atoms with Crippen molar-refractivity contribution in [3.8, 4) is 0 Å². The minimum atomic E-state index is 0.193. The van der Waals surface area contributed by atoms with E-state index in [4.69, 9.17) is 4.52 Å². The van der Waals surface area contributed by atoms with Gasteiger partial charge in [0.2, 0.25) is 5.89 Å². The maximum Gasteiger partial charge on any atom is 0.240 e. The zero-order valence-electron chi connectivity index (χ0n) is 10.2. The van der Waals surface area contributed by atoms with E-state index in [0.29, 0.717) is 18.3 Å². The molecule has 0 saturated carbocycles. The van der Waals surface area contributed by atoms with Crippen LogP contribution >= 0.6 is 11.3 Å². The fourth-order valence-corrected chi connectivity index (χ4v) is 2.28. The van der Waals surface area contributed by atoms with E-state index in [-0.39, 0.29) is 6.04 Å². The molecule has 2 aromatic heterocycles. The Morgan fingerprint density at radius 3 is 2.88 bits per heavy atom. The molecule has 0 fully saturated rings. The van der Waals surface area contributed by atoms with Gasteiger partial charge in [0.1, 0.15) is 0 Å². The fourth-order valence-electron chi connectivity index (χ4n) is 1.44. The van der Waals surface area contributed by atoms with Gasteiger partial charge in [0.05, 0.1) is 17.2 Å². The van der Waals surface area contributed by atoms with Crippen LogP contribution in [0.15, 0.2) is 9.90 Å². The molecule has 2 heterocycles. The summed E-state index contributed by atoms with van der Waals surface area (Å²) in [5, 5.41) is 10.3. The largest absolute Gasteiger partial charge is 0.338 e. The molecule has 0 bridgehead atoms. The summed E-state index contributed by atoms with van der Waals surface area (Å²) in [6, 6.07) is 0.193. The van der Waals surface area contributed by atoms with Crippen molar-refractivity contribution in [2.45, 2.75) is 39.8 Å². The van der Waals surface area contributed by atoms with Crippen molar-refractivity contribution in [3.63, 3.8) is 0 Å². The predicted molar refractivity (Wildman–Crippen MR) is 65.8 cm³/mol. The van der Waals surface area contributed by atoms with Crippen molar-refractivity contribution in [2.24, 2.45) is 0 Å². The first kappa shape index (κ1) is 12.2. The molecule has 92 valence electrons. The topological polar surface area (TPSA) is 63.8 Å². The molecule has 0 amide bonds. The van der Waals surface area contributed by atoms with Crippen molar-refractivity contribution in [1.82, 2.24) is 20.4 Å². The highest BCUT2D eigenvalue weighted by Crippen LogP contribution is 2.17. The normalized spacial score (nSPS) is 12.9. The average Bonchev–Trinajstić information content (AvgIpc) is 2.94. The van der Waals surface area contributed by atoms with E-state index in [1.54, 1.807) is 11.3 Å². The summed E-state index contributed by atoms with van der Waals surface area (Å²) < 4.78 is 5.04. The van der Waals surface area contributed by atoms with Crippen molar-refractivity contribution < 1.29 is 4.52 Å². The fraction of sp³-hybridized carbons (Fsp3) is 0.545. The van der Waals surface area contributed by atoms with E-state index in [9.17, 15) is 0 Å². The van der Waals surface area contributed by atoms with Gasteiger partial charge >= 0.3 is 0 Å². The summed E-state index contributed by atoms with van der Waals surface area (Å²) in [5.74, 6) is 1.27. The van der Waals surface area contributed by atoms with Gasteiger partial charge in [-0.05, 0) is 20.3 Å². The van der Waals surface area contributed by atoms with E-state index >= 15 is 0 Å². The minimum absolute atomic E-state index is 0.193. The van der Waals surface area contributed by atoms with Crippen LogP contribution in [0.2, 0.25) is 0 Å². The Hall–Kier alpha value is -1.27. The molecular weight excluding hydrogens is 236 g/mol. The zero-order valence-corrected chi connectivity index (χ0v) is 11.0. The van der Waals surface area contributed by atoms with Gasteiger partial charge in [-0.2, -0.15) is 4.98 Å². The number of hydrogen-bond donors (Lipinski definition) is 1. The third kappa shape index (κ3) is 3.10. The first-order valence-electron chi connectivity index (χ1n) is 5.66. The number of hydrogen-bond acceptors (Lipinski definition) is 6. The molecule has 2 aromatic rings. The molecule has 1 N–H and O–H groups in total. The smallest absolute Gasteiger partial charge is 0.240 e. The van der Waals surface area contributed by atoms with E-state index in [2.05, 4.69) is 39.7 Å². The Balaban J connectivity index is 1.90. The molecule has 17 heavy (non-hydrogen) atoms. The minimum Gasteiger partial charge on any atom is -0.338 e. The molecule has 2 rings (SSSR count). The van der Waals surface area contributed by atoms with Gasteiger partial charge in [0.15, 0.2) is 5.82 Å². The molecule has 0 aliphatic carbocycles. The highest BCUT2D eigenvalue weighted by Gasteiger charge is 2.10. The molecule has 0 aliphatic rings. The molecule has 0 radical (unpaired) electrons. The number of aromatic nitrogens is 3. The third-order valence-electron chi connectivity index (χ3n) is 2.44. The lowest BCUT2D eigenvalue weighted by molar-refractivity contribution is 0.357. The summed E-state index contributed by atoms with van der Waals surface area (Å²) in [7, 11) is 0. The van der Waals surface area contributed by atoms with Gasteiger partial charge in [0.25, 0.3) is 0 Å². The van der Waals surface area contributed by atoms with Crippen LogP contribution in [-0.2, 0) is 13.0 Å². The summed E-state index contributed by atoms with van der Waals surface area (Å²) >= 11 is 1.70. The highest BCUT2D eigenvalue weighted by molar-refractivity contribution is 7.09. The zero-order chi connectivity index (χ0) is 12.3. The van der Waals surface area contributed by atoms with Crippen LogP contribution in [0.5, 0.6) is 0 Å². The lowest BCUT2D eigenvalue weighted by Crippen LogP contribution is -2.18. The second-order valence-electron chi connectivity index (χ2n) is 3.86. The van der Waals surface area contributed by atoms with Crippen molar-refractivity contribution in [1.29, 1.82) is 0 Å². The summed E-state index contributed by atoms with van der Waals surface area (Å²) in [6.07, 6.45) is 0.986. The first-order chi connectivity index (χ1) is 8.19. The maximum atomic E-state index is 5.04. The van der Waals surface area contributed by atoms with E-state index in [1.165, 1.54) is 5.01 Å². The van der Waals surface area contributed by atoms with Gasteiger partial charge in [-0.25, -0.2) is 4.98 Å². The molecule has 1 atom stereocenters. The maximum absolute atomic E-state index is 5.04. The molecular formula is C11H16N4OS. The first-order valence-corrected chi connectivity index (χ1v) is 6.54. The van der Waals surface area contributed by atoms with E-state index < -0.39 is 0 Å². The van der Waals surface area contributed by atoms with Crippen LogP contribution in [0.3, 0.4) is 0 Å². The number of nitrogens with zero attached hydrogens (tertiary/aromatic N) is 3. The van der Waals surface area contributed by atoms with Gasteiger partial charge < -0.3 is 9.84 Å². The Bertz CT molecular complexity index is 479. The molecule has 0 aliphatic heterocycles. The lowest BCUT2D eigenvalue weighted by atomic mass is 10.2. The number of rotatable bonds is 5. The summed E-state index contributed by atoms with van der Waals surface area (Å²) in [4.78, 5) is 8.68. The molecule has 0 unspecified atom stereocenters. The van der Waals surface area contributed by atoms with Crippen LogP contribution in [-0.4, -0.2) is 15.1 Å². The Labute approximate surface area is 104 Å². The standard InChI is InChI=1S/C11H16N4OS/c1-4-11-14-9(6-17-11)7(2)12-5-10-13-8(3)15-16-10/h6-7,12H,4-5H2,1-3H3/t7-/m0/s1. The quantitative estimate of drug-likeness (QED) is 0.884. The second kappa shape index (κ2) is 5.37. The lowest BCUT2D eigenvalue weighted by Gasteiger charge is -2.08. The Morgan fingerprint density at radius 1 is 1.47 bits per heavy atom. The van der Waals surface area contributed by atoms with Crippen LogP contribution in [0, 0.1) is 6.92 Å². The molecule has 0 aromatic carbocycles. The van der Waals surface area contributed by atoms with Gasteiger partial charge in [0, 0.05) is 11.4 Å². The summed E-state index contributed by atoms with van der Waals surface area (Å²) in [6.45, 7) is 6.57.